The minimum Gasteiger partial charge on any atom is -0.494 e. The van der Waals surface area contributed by atoms with Gasteiger partial charge in [0.05, 0.1) is 13.2 Å². The molecule has 0 radical (unpaired) electrons. The van der Waals surface area contributed by atoms with E-state index in [-0.39, 0.29) is 5.97 Å². The second-order valence-electron chi connectivity index (χ2n) is 5.00. The summed E-state index contributed by atoms with van der Waals surface area (Å²) in [5, 5.41) is 1.18. The van der Waals surface area contributed by atoms with E-state index < -0.39 is 0 Å². The van der Waals surface area contributed by atoms with E-state index >= 15 is 0 Å². The molecule has 1 aromatic heterocycles. The number of aryl methyl sites for hydroxylation is 2. The van der Waals surface area contributed by atoms with Gasteiger partial charge in [-0.05, 0) is 51.5 Å². The maximum absolute atomic E-state index is 11.4. The molecule has 2 aromatic rings. The van der Waals surface area contributed by atoms with Gasteiger partial charge in [0.1, 0.15) is 5.75 Å². The lowest BCUT2D eigenvalue weighted by molar-refractivity contribution is -0.143. The second kappa shape index (κ2) is 7.16. The van der Waals surface area contributed by atoms with Crippen molar-refractivity contribution in [2.24, 2.45) is 0 Å². The molecule has 1 aromatic carbocycles. The summed E-state index contributed by atoms with van der Waals surface area (Å²) in [5.74, 6) is 0.777. The fourth-order valence-corrected chi connectivity index (χ4v) is 2.55. The summed E-state index contributed by atoms with van der Waals surface area (Å²) in [4.78, 5) is 11.4. The van der Waals surface area contributed by atoms with Crippen molar-refractivity contribution in [2.45, 2.75) is 40.2 Å². The van der Waals surface area contributed by atoms with Crippen LogP contribution in [0.4, 0.5) is 0 Å². The van der Waals surface area contributed by atoms with Gasteiger partial charge in [-0.1, -0.05) is 0 Å². The van der Waals surface area contributed by atoms with Gasteiger partial charge in [-0.3, -0.25) is 4.79 Å². The van der Waals surface area contributed by atoms with E-state index in [0.29, 0.717) is 19.6 Å². The van der Waals surface area contributed by atoms with Crippen LogP contribution in [0.2, 0.25) is 0 Å². The normalized spacial score (nSPS) is 10.8. The summed E-state index contributed by atoms with van der Waals surface area (Å²) in [6, 6.07) is 8.29. The number of aromatic nitrogens is 1. The highest BCUT2D eigenvalue weighted by atomic mass is 16.5. The van der Waals surface area contributed by atoms with Gasteiger partial charge >= 0.3 is 5.97 Å². The molecule has 0 aliphatic heterocycles. The molecule has 0 fully saturated rings. The van der Waals surface area contributed by atoms with E-state index in [9.17, 15) is 4.79 Å². The first-order chi connectivity index (χ1) is 10.2. The molecule has 0 unspecified atom stereocenters. The van der Waals surface area contributed by atoms with E-state index in [4.69, 9.17) is 9.47 Å². The SMILES string of the molecule is CCOC(=O)CCCn1c(C)cc2cc(OCC)ccc21. The van der Waals surface area contributed by atoms with Gasteiger partial charge in [-0.25, -0.2) is 0 Å². The number of hydrogen-bond donors (Lipinski definition) is 0. The Morgan fingerprint density at radius 3 is 2.71 bits per heavy atom. The average molecular weight is 289 g/mol. The van der Waals surface area contributed by atoms with Crippen molar-refractivity contribution in [3.63, 3.8) is 0 Å². The molecule has 4 nitrogen and oxygen atoms in total. The average Bonchev–Trinajstić information content (AvgIpc) is 2.75. The van der Waals surface area contributed by atoms with Crippen LogP contribution >= 0.6 is 0 Å². The summed E-state index contributed by atoms with van der Waals surface area (Å²) in [7, 11) is 0. The minimum absolute atomic E-state index is 0.120. The topological polar surface area (TPSA) is 40.5 Å². The fraction of sp³-hybridized carbons (Fsp3) is 0.471. The van der Waals surface area contributed by atoms with Gasteiger partial charge in [0.2, 0.25) is 0 Å². The third kappa shape index (κ3) is 3.78. The molecule has 0 N–H and O–H groups in total. The van der Waals surface area contributed by atoms with Gasteiger partial charge in [-0.2, -0.15) is 0 Å². The highest BCUT2D eigenvalue weighted by Gasteiger charge is 2.08. The Morgan fingerprint density at radius 2 is 2.00 bits per heavy atom. The van der Waals surface area contributed by atoms with E-state index in [0.717, 1.165) is 18.7 Å². The zero-order chi connectivity index (χ0) is 15.2. The first kappa shape index (κ1) is 15.4. The molecule has 0 aliphatic carbocycles. The minimum atomic E-state index is -0.120. The molecule has 0 bridgehead atoms. The lowest BCUT2D eigenvalue weighted by Gasteiger charge is -2.09. The van der Waals surface area contributed by atoms with Gasteiger partial charge in [-0.15, -0.1) is 0 Å². The predicted octanol–water partition coefficient (Wildman–Crippen LogP) is 3.69. The lowest BCUT2D eigenvalue weighted by atomic mass is 10.2. The zero-order valence-electron chi connectivity index (χ0n) is 13.0. The number of rotatable bonds is 7. The molecule has 21 heavy (non-hydrogen) atoms. The molecule has 1 heterocycles. The molecule has 0 spiro atoms. The number of carbonyl (C=O) groups is 1. The van der Waals surface area contributed by atoms with Crippen LogP contribution in [-0.4, -0.2) is 23.8 Å². The molecule has 0 atom stereocenters. The predicted molar refractivity (Wildman–Crippen MR) is 83.7 cm³/mol. The van der Waals surface area contributed by atoms with E-state index in [1.807, 2.05) is 19.9 Å². The number of carbonyl (C=O) groups excluding carboxylic acids is 1. The van der Waals surface area contributed by atoms with E-state index in [1.54, 1.807) is 0 Å². The van der Waals surface area contributed by atoms with Crippen molar-refractivity contribution in [3.8, 4) is 5.75 Å². The van der Waals surface area contributed by atoms with Gasteiger partial charge < -0.3 is 14.0 Å². The largest absolute Gasteiger partial charge is 0.494 e. The summed E-state index contributed by atoms with van der Waals surface area (Å²) in [6.07, 6.45) is 1.25. The molecule has 114 valence electrons. The summed E-state index contributed by atoms with van der Waals surface area (Å²) in [6.45, 7) is 7.84. The van der Waals surface area contributed by atoms with Gasteiger partial charge in [0.25, 0.3) is 0 Å². The third-order valence-corrected chi connectivity index (χ3v) is 3.46. The highest BCUT2D eigenvalue weighted by molar-refractivity contribution is 5.82. The Bertz CT molecular complexity index is 616. The number of ether oxygens (including phenoxy) is 2. The van der Waals surface area contributed by atoms with Crippen LogP contribution < -0.4 is 4.74 Å². The standard InChI is InChI=1S/C17H23NO3/c1-4-20-15-8-9-16-14(12-15)11-13(3)18(16)10-6-7-17(19)21-5-2/h8-9,11-12H,4-7,10H2,1-3H3. The smallest absolute Gasteiger partial charge is 0.305 e. The first-order valence-electron chi connectivity index (χ1n) is 7.54. The van der Waals surface area contributed by atoms with Crippen LogP contribution in [0.15, 0.2) is 24.3 Å². The molecule has 0 aliphatic rings. The first-order valence-corrected chi connectivity index (χ1v) is 7.54. The molecule has 2 rings (SSSR count). The fourth-order valence-electron chi connectivity index (χ4n) is 2.55. The Labute approximate surface area is 125 Å². The van der Waals surface area contributed by atoms with Gasteiger partial charge in [0.15, 0.2) is 0 Å². The lowest BCUT2D eigenvalue weighted by Crippen LogP contribution is -2.07. The summed E-state index contributed by atoms with van der Waals surface area (Å²) < 4.78 is 12.7. The van der Waals surface area contributed by atoms with Crippen molar-refractivity contribution < 1.29 is 14.3 Å². The highest BCUT2D eigenvalue weighted by Crippen LogP contribution is 2.25. The number of fused-ring (bicyclic) bond motifs is 1. The van der Waals surface area contributed by atoms with Crippen molar-refractivity contribution in [3.05, 3.63) is 30.0 Å². The quantitative estimate of drug-likeness (QED) is 0.730. The molecule has 0 saturated carbocycles. The molecule has 4 heteroatoms. The van der Waals surface area contributed by atoms with Gasteiger partial charge in [0, 0.05) is 29.6 Å². The molecular weight excluding hydrogens is 266 g/mol. The maximum Gasteiger partial charge on any atom is 0.305 e. The van der Waals surface area contributed by atoms with Crippen molar-refractivity contribution >= 4 is 16.9 Å². The summed E-state index contributed by atoms with van der Waals surface area (Å²) >= 11 is 0. The van der Waals surface area contributed by atoms with Crippen LogP contribution in [0.25, 0.3) is 10.9 Å². The second-order valence-corrected chi connectivity index (χ2v) is 5.00. The number of nitrogens with zero attached hydrogens (tertiary/aromatic N) is 1. The third-order valence-electron chi connectivity index (χ3n) is 3.46. The monoisotopic (exact) mass is 289 g/mol. The van der Waals surface area contributed by atoms with E-state index in [2.05, 4.69) is 29.7 Å². The molecule has 0 amide bonds. The Balaban J connectivity index is 2.09. The molecule has 0 saturated heterocycles. The van der Waals surface area contributed by atoms with Crippen LogP contribution in [-0.2, 0) is 16.1 Å². The maximum atomic E-state index is 11.4. The zero-order valence-corrected chi connectivity index (χ0v) is 13.0. The summed E-state index contributed by atoms with van der Waals surface area (Å²) in [5.41, 5.74) is 2.38. The number of esters is 1. The van der Waals surface area contributed by atoms with Crippen molar-refractivity contribution in [1.82, 2.24) is 4.57 Å². The molecular formula is C17H23NO3. The van der Waals surface area contributed by atoms with Crippen LogP contribution in [0.1, 0.15) is 32.4 Å². The van der Waals surface area contributed by atoms with Crippen molar-refractivity contribution in [2.75, 3.05) is 13.2 Å². The van der Waals surface area contributed by atoms with Crippen LogP contribution in [0.3, 0.4) is 0 Å². The number of hydrogen-bond acceptors (Lipinski definition) is 3. The Hall–Kier alpha value is -1.97. The van der Waals surface area contributed by atoms with Crippen molar-refractivity contribution in [1.29, 1.82) is 0 Å². The Kier molecular flexibility index (Phi) is 5.26. The van der Waals surface area contributed by atoms with Crippen LogP contribution in [0, 0.1) is 6.92 Å². The number of benzene rings is 1. The Morgan fingerprint density at radius 1 is 1.19 bits per heavy atom. The van der Waals surface area contributed by atoms with E-state index in [1.165, 1.54) is 16.6 Å². The van der Waals surface area contributed by atoms with Crippen LogP contribution in [0.5, 0.6) is 5.75 Å².